The van der Waals surface area contributed by atoms with Crippen molar-refractivity contribution in [2.45, 2.75) is 0 Å². The fourth-order valence-corrected chi connectivity index (χ4v) is 0.184. The van der Waals surface area contributed by atoms with Crippen LogP contribution in [0.2, 0.25) is 0 Å². The fourth-order valence-electron chi connectivity index (χ4n) is 0.184. The molecule has 47 valence electrons. The molecule has 0 aliphatic heterocycles. The van der Waals surface area contributed by atoms with Crippen LogP contribution in [0, 0.1) is 0 Å². The molecule has 0 heterocycles. The molecule has 0 spiro atoms. The summed E-state index contributed by atoms with van der Waals surface area (Å²) in [5, 5.41) is 9.62. The van der Waals surface area contributed by atoms with Gasteiger partial charge in [-0.25, -0.2) is 9.90 Å². The Labute approximate surface area is 47.0 Å². The van der Waals surface area contributed by atoms with E-state index in [1.54, 1.807) is 0 Å². The van der Waals surface area contributed by atoms with E-state index in [0.29, 0.717) is 0 Å². The van der Waals surface area contributed by atoms with Crippen molar-refractivity contribution in [1.82, 2.24) is 0 Å². The van der Waals surface area contributed by atoms with E-state index in [4.69, 9.17) is 0 Å². The number of hydrogen-bond donors (Lipinski definition) is 0. The van der Waals surface area contributed by atoms with Crippen LogP contribution in [-0.2, 0) is 14.6 Å². The normalized spacial score (nSPS) is 8.25. The Kier molecular flexibility index (Phi) is 3.97. The van der Waals surface area contributed by atoms with Crippen LogP contribution < -0.4 is 0 Å². The van der Waals surface area contributed by atoms with Gasteiger partial charge in [0, 0.05) is 0 Å². The Morgan fingerprint density at radius 2 is 2.25 bits per heavy atom. The summed E-state index contributed by atoms with van der Waals surface area (Å²) < 4.78 is 8.22. The summed E-state index contributed by atoms with van der Waals surface area (Å²) in [6, 6.07) is 0. The summed E-state index contributed by atoms with van der Waals surface area (Å²) in [5.74, 6) is 0. The zero-order valence-corrected chi connectivity index (χ0v) is 4.55. The average molecular weight is 119 g/mol. The predicted molar refractivity (Wildman–Crippen MR) is 23.9 cm³/mol. The number of hydrogen-bond acceptors (Lipinski definition) is 3. The molecule has 0 aromatic rings. The van der Waals surface area contributed by atoms with Crippen LogP contribution in [0.15, 0.2) is 0 Å². The lowest BCUT2D eigenvalue weighted by atomic mass is 10.8. The van der Waals surface area contributed by atoms with Crippen molar-refractivity contribution < 1.29 is 19.4 Å². The smallest absolute Gasteiger partial charge is 0.438 e. The fraction of sp³-hybridized carbons (Fsp3) is 0.750. The summed E-state index contributed by atoms with van der Waals surface area (Å²) in [5.41, 5.74) is 0. The van der Waals surface area contributed by atoms with Crippen LogP contribution in [0.3, 0.4) is 0 Å². The Morgan fingerprint density at radius 1 is 1.62 bits per heavy atom. The molecule has 0 amide bonds. The molecule has 4 nitrogen and oxygen atoms in total. The molecule has 0 aliphatic rings. The first kappa shape index (κ1) is 7.23. The van der Waals surface area contributed by atoms with Crippen molar-refractivity contribution in [3.63, 3.8) is 0 Å². The van der Waals surface area contributed by atoms with Gasteiger partial charge in [0.25, 0.3) is 0 Å². The van der Waals surface area contributed by atoms with Crippen LogP contribution in [0.25, 0.3) is 0 Å². The maximum Gasteiger partial charge on any atom is 0.508 e. The van der Waals surface area contributed by atoms with Gasteiger partial charge in [-0.3, -0.25) is 0 Å². The third-order valence-corrected chi connectivity index (χ3v) is 0.470. The van der Waals surface area contributed by atoms with E-state index in [1.165, 1.54) is 7.11 Å². The minimum atomic E-state index is -0.805. The van der Waals surface area contributed by atoms with E-state index in [1.807, 2.05) is 0 Å². The number of carbonyl (C=O) groups excluding carboxylic acids is 1. The lowest BCUT2D eigenvalue weighted by Crippen LogP contribution is -2.06. The zero-order chi connectivity index (χ0) is 6.41. The third kappa shape index (κ3) is 3.42. The lowest BCUT2D eigenvalue weighted by Gasteiger charge is -1.96. The summed E-state index contributed by atoms with van der Waals surface area (Å²) in [7, 11) is 1.19. The van der Waals surface area contributed by atoms with Crippen molar-refractivity contribution >= 4 is 6.16 Å². The molecule has 4 heteroatoms. The number of rotatable bonds is 2. The summed E-state index contributed by atoms with van der Waals surface area (Å²) in [6.45, 7) is -0.540. The molecule has 0 rings (SSSR count). The quantitative estimate of drug-likeness (QED) is 0.488. The van der Waals surface area contributed by atoms with Gasteiger partial charge >= 0.3 is 6.16 Å². The topological polar surface area (TPSA) is 55.4 Å². The molecule has 0 aromatic heterocycles. The molecule has 0 unspecified atom stereocenters. The third-order valence-electron chi connectivity index (χ3n) is 0.470. The highest BCUT2D eigenvalue weighted by atomic mass is 16.7. The van der Waals surface area contributed by atoms with Gasteiger partial charge in [0.15, 0.2) is 0 Å². The standard InChI is InChI=1S/C4H7O4/c1-7-4(6)8-3-2-5/h2-3H2,1H3. The minimum Gasteiger partial charge on any atom is -0.438 e. The van der Waals surface area contributed by atoms with Gasteiger partial charge in [0.05, 0.1) is 7.11 Å². The van der Waals surface area contributed by atoms with Gasteiger partial charge in [0.1, 0.15) is 13.2 Å². The van der Waals surface area contributed by atoms with Gasteiger partial charge in [-0.05, 0) is 0 Å². The zero-order valence-electron chi connectivity index (χ0n) is 4.55. The Hall–Kier alpha value is -0.770. The van der Waals surface area contributed by atoms with Crippen molar-refractivity contribution in [2.24, 2.45) is 0 Å². The second-order valence-corrected chi connectivity index (χ2v) is 1.01. The molecule has 0 saturated carbocycles. The SMILES string of the molecule is COC(=O)OCC[O]. The summed E-state index contributed by atoms with van der Waals surface area (Å²) >= 11 is 0. The lowest BCUT2D eigenvalue weighted by molar-refractivity contribution is 0.0458. The highest BCUT2D eigenvalue weighted by Gasteiger charge is 1.96. The Morgan fingerprint density at radius 3 is 2.62 bits per heavy atom. The van der Waals surface area contributed by atoms with Crippen LogP contribution in [0.1, 0.15) is 0 Å². The molecular formula is C4H7O4. The molecule has 0 atom stereocenters. The Balaban J connectivity index is 2.99. The second-order valence-electron chi connectivity index (χ2n) is 1.01. The molecule has 0 aromatic carbocycles. The number of ether oxygens (including phenoxy) is 2. The summed E-state index contributed by atoms with van der Waals surface area (Å²) in [4.78, 5) is 9.99. The minimum absolute atomic E-state index is 0.118. The van der Waals surface area contributed by atoms with Gasteiger partial charge in [-0.15, -0.1) is 0 Å². The van der Waals surface area contributed by atoms with Crippen molar-refractivity contribution in [3.05, 3.63) is 0 Å². The van der Waals surface area contributed by atoms with E-state index < -0.39 is 12.8 Å². The van der Waals surface area contributed by atoms with E-state index in [2.05, 4.69) is 9.47 Å². The van der Waals surface area contributed by atoms with Gasteiger partial charge in [-0.1, -0.05) is 0 Å². The summed E-state index contributed by atoms with van der Waals surface area (Å²) in [6.07, 6.45) is -0.805. The molecule has 0 bridgehead atoms. The second kappa shape index (κ2) is 4.39. The van der Waals surface area contributed by atoms with Gasteiger partial charge < -0.3 is 9.47 Å². The van der Waals surface area contributed by atoms with Gasteiger partial charge in [-0.2, -0.15) is 0 Å². The van der Waals surface area contributed by atoms with Crippen molar-refractivity contribution in [3.8, 4) is 0 Å². The monoisotopic (exact) mass is 119 g/mol. The average Bonchev–Trinajstić information content (AvgIpc) is 1.83. The van der Waals surface area contributed by atoms with Crippen molar-refractivity contribution in [2.75, 3.05) is 20.3 Å². The van der Waals surface area contributed by atoms with Crippen LogP contribution in [-0.4, -0.2) is 26.5 Å². The molecule has 0 fully saturated rings. The van der Waals surface area contributed by atoms with E-state index in [9.17, 15) is 9.90 Å². The Bertz CT molecular complexity index is 70.4. The highest BCUT2D eigenvalue weighted by molar-refractivity contribution is 5.59. The van der Waals surface area contributed by atoms with Crippen LogP contribution in [0.5, 0.6) is 0 Å². The van der Waals surface area contributed by atoms with E-state index >= 15 is 0 Å². The highest BCUT2D eigenvalue weighted by Crippen LogP contribution is 1.78. The first-order chi connectivity index (χ1) is 3.81. The van der Waals surface area contributed by atoms with Crippen LogP contribution in [0.4, 0.5) is 4.79 Å². The largest absolute Gasteiger partial charge is 0.508 e. The molecule has 8 heavy (non-hydrogen) atoms. The molecule has 0 saturated heterocycles. The van der Waals surface area contributed by atoms with Crippen molar-refractivity contribution in [1.29, 1.82) is 0 Å². The molecule has 0 N–H and O–H groups in total. The maximum absolute atomic E-state index is 9.99. The first-order valence-electron chi connectivity index (χ1n) is 2.10. The van der Waals surface area contributed by atoms with Gasteiger partial charge in [0.2, 0.25) is 0 Å². The number of methoxy groups -OCH3 is 1. The molecule has 1 radical (unpaired) electrons. The predicted octanol–water partition coefficient (Wildman–Crippen LogP) is 0.200. The van der Waals surface area contributed by atoms with E-state index in [0.717, 1.165) is 0 Å². The van der Waals surface area contributed by atoms with Crippen LogP contribution >= 0.6 is 0 Å². The first-order valence-corrected chi connectivity index (χ1v) is 2.10. The molecular weight excluding hydrogens is 112 g/mol. The maximum atomic E-state index is 9.99. The molecule has 0 aliphatic carbocycles. The number of carbonyl (C=O) groups is 1. The van der Waals surface area contributed by atoms with E-state index in [-0.39, 0.29) is 6.61 Å².